The molecule has 0 atom stereocenters. The van der Waals surface area contributed by atoms with E-state index in [9.17, 15) is 4.79 Å². The van der Waals surface area contributed by atoms with Gasteiger partial charge in [0, 0.05) is 29.6 Å². The molecule has 0 fully saturated rings. The first-order valence-corrected chi connectivity index (χ1v) is 7.26. The highest BCUT2D eigenvalue weighted by atomic mass is 32.1. The molecule has 1 N–H and O–H groups in total. The van der Waals surface area contributed by atoms with Crippen LogP contribution in [0.25, 0.3) is 0 Å². The Morgan fingerprint density at radius 2 is 2.30 bits per heavy atom. The summed E-state index contributed by atoms with van der Waals surface area (Å²) >= 11 is 1.33. The molecule has 0 aliphatic rings. The maximum Gasteiger partial charge on any atom is 0.271 e. The van der Waals surface area contributed by atoms with Crippen LogP contribution in [0.2, 0.25) is 0 Å². The molecule has 0 bridgehead atoms. The van der Waals surface area contributed by atoms with Crippen LogP contribution in [-0.4, -0.2) is 28.4 Å². The molecule has 20 heavy (non-hydrogen) atoms. The first-order valence-electron chi connectivity index (χ1n) is 6.49. The average molecular weight is 291 g/mol. The Morgan fingerprint density at radius 3 is 3.00 bits per heavy atom. The van der Waals surface area contributed by atoms with Crippen LogP contribution >= 0.6 is 11.5 Å². The van der Waals surface area contributed by atoms with Crippen molar-refractivity contribution >= 4 is 17.4 Å². The smallest absolute Gasteiger partial charge is 0.271 e. The Labute approximate surface area is 122 Å². The molecule has 1 amide bonds. The number of nitrogens with zero attached hydrogens (tertiary/aromatic N) is 2. The normalized spacial score (nSPS) is 10.3. The Morgan fingerprint density at radius 1 is 1.45 bits per heavy atom. The fourth-order valence-electron chi connectivity index (χ4n) is 1.69. The van der Waals surface area contributed by atoms with E-state index in [-0.39, 0.29) is 5.91 Å². The summed E-state index contributed by atoms with van der Waals surface area (Å²) in [4.78, 5) is 17.2. The first-order chi connectivity index (χ1) is 9.69. The third-order valence-corrected chi connectivity index (χ3v) is 3.29. The molecule has 5 nitrogen and oxygen atoms in total. The molecule has 0 saturated carbocycles. The van der Waals surface area contributed by atoms with Crippen LogP contribution in [0.4, 0.5) is 0 Å². The zero-order valence-electron chi connectivity index (χ0n) is 11.5. The lowest BCUT2D eigenvalue weighted by Crippen LogP contribution is -2.26. The number of hydrogen-bond donors (Lipinski definition) is 1. The summed E-state index contributed by atoms with van der Waals surface area (Å²) < 4.78 is 9.41. The van der Waals surface area contributed by atoms with Gasteiger partial charge in [-0.2, -0.15) is 4.37 Å². The van der Waals surface area contributed by atoms with Gasteiger partial charge in [-0.25, -0.2) is 4.98 Å². The minimum Gasteiger partial charge on any atom is -0.478 e. The van der Waals surface area contributed by atoms with E-state index < -0.39 is 0 Å². The molecule has 0 spiro atoms. The lowest BCUT2D eigenvalue weighted by Gasteiger charge is -2.05. The number of amides is 1. The molecule has 0 aliphatic carbocycles. The van der Waals surface area contributed by atoms with E-state index in [0.29, 0.717) is 31.1 Å². The highest BCUT2D eigenvalue weighted by molar-refractivity contribution is 7.05. The molecule has 0 aromatic carbocycles. The summed E-state index contributed by atoms with van der Waals surface area (Å²) in [5.41, 5.74) is 1.37. The quantitative estimate of drug-likeness (QED) is 0.886. The molecule has 106 valence electrons. The number of aromatic nitrogens is 2. The second-order valence-electron chi connectivity index (χ2n) is 4.23. The zero-order valence-corrected chi connectivity index (χ0v) is 12.4. The minimum absolute atomic E-state index is 0.143. The van der Waals surface area contributed by atoms with E-state index in [4.69, 9.17) is 4.74 Å². The minimum atomic E-state index is -0.143. The third-order valence-electron chi connectivity index (χ3n) is 2.60. The van der Waals surface area contributed by atoms with E-state index >= 15 is 0 Å². The highest BCUT2D eigenvalue weighted by Crippen LogP contribution is 2.09. The number of pyridine rings is 1. The summed E-state index contributed by atoms with van der Waals surface area (Å²) in [5.74, 6) is 0.474. The van der Waals surface area contributed by atoms with Gasteiger partial charge in [-0.1, -0.05) is 6.07 Å². The third kappa shape index (κ3) is 4.03. The standard InChI is InChI=1S/C14H17N3O2S/c1-3-19-13-6-4-5-11(16-13)7-8-15-14(18)12-9-10(2)20-17-12/h4-6,9H,3,7-8H2,1-2H3,(H,15,18). The summed E-state index contributed by atoms with van der Waals surface area (Å²) in [6, 6.07) is 7.43. The Kier molecular flexibility index (Phi) is 5.06. The Hall–Kier alpha value is -1.95. The molecule has 2 rings (SSSR count). The van der Waals surface area contributed by atoms with Gasteiger partial charge in [0.2, 0.25) is 5.88 Å². The van der Waals surface area contributed by atoms with Crippen LogP contribution < -0.4 is 10.1 Å². The number of nitrogens with one attached hydrogen (secondary N) is 1. The topological polar surface area (TPSA) is 64.1 Å². The van der Waals surface area contributed by atoms with Crippen molar-refractivity contribution < 1.29 is 9.53 Å². The molecule has 2 aromatic rings. The highest BCUT2D eigenvalue weighted by Gasteiger charge is 2.08. The van der Waals surface area contributed by atoms with Gasteiger partial charge in [-0.3, -0.25) is 4.79 Å². The second-order valence-corrected chi connectivity index (χ2v) is 5.24. The number of carbonyl (C=O) groups excluding carboxylic acids is 1. The second kappa shape index (κ2) is 7.00. The van der Waals surface area contributed by atoms with E-state index in [1.54, 1.807) is 6.07 Å². The summed E-state index contributed by atoms with van der Waals surface area (Å²) in [5, 5.41) is 2.84. The number of ether oxygens (including phenoxy) is 1. The fourth-order valence-corrected chi connectivity index (χ4v) is 2.24. The van der Waals surface area contributed by atoms with Crippen molar-refractivity contribution in [2.75, 3.05) is 13.2 Å². The predicted octanol–water partition coefficient (Wildman–Crippen LogP) is 2.22. The van der Waals surface area contributed by atoms with Crippen molar-refractivity contribution in [1.82, 2.24) is 14.7 Å². The van der Waals surface area contributed by atoms with Gasteiger partial charge in [0.25, 0.3) is 5.91 Å². The van der Waals surface area contributed by atoms with Gasteiger partial charge < -0.3 is 10.1 Å². The van der Waals surface area contributed by atoms with Crippen LogP contribution in [0, 0.1) is 6.92 Å². The van der Waals surface area contributed by atoms with Crippen LogP contribution in [0.3, 0.4) is 0 Å². The molecular weight excluding hydrogens is 274 g/mol. The molecule has 2 aromatic heterocycles. The van der Waals surface area contributed by atoms with Crippen molar-refractivity contribution in [3.8, 4) is 5.88 Å². The maximum absolute atomic E-state index is 11.8. The number of aryl methyl sites for hydroxylation is 1. The van der Waals surface area contributed by atoms with E-state index in [0.717, 1.165) is 10.6 Å². The van der Waals surface area contributed by atoms with E-state index in [1.807, 2.05) is 32.0 Å². The number of hydrogen-bond acceptors (Lipinski definition) is 5. The molecule has 2 heterocycles. The zero-order chi connectivity index (χ0) is 14.4. The number of carbonyl (C=O) groups is 1. The van der Waals surface area contributed by atoms with Gasteiger partial charge >= 0.3 is 0 Å². The van der Waals surface area contributed by atoms with Crippen molar-refractivity contribution in [2.24, 2.45) is 0 Å². The van der Waals surface area contributed by atoms with Crippen LogP contribution in [0.5, 0.6) is 5.88 Å². The van der Waals surface area contributed by atoms with Gasteiger partial charge in [-0.05, 0) is 37.5 Å². The van der Waals surface area contributed by atoms with Gasteiger partial charge in [0.1, 0.15) is 5.69 Å². The number of rotatable bonds is 6. The van der Waals surface area contributed by atoms with Crippen molar-refractivity contribution in [2.45, 2.75) is 20.3 Å². The van der Waals surface area contributed by atoms with E-state index in [2.05, 4.69) is 14.7 Å². The fraction of sp³-hybridized carbons (Fsp3) is 0.357. The molecule has 0 aliphatic heterocycles. The Balaban J connectivity index is 1.83. The van der Waals surface area contributed by atoms with E-state index in [1.165, 1.54) is 11.5 Å². The van der Waals surface area contributed by atoms with Crippen LogP contribution in [-0.2, 0) is 6.42 Å². The van der Waals surface area contributed by atoms with Crippen molar-refractivity contribution in [1.29, 1.82) is 0 Å². The monoisotopic (exact) mass is 291 g/mol. The lowest BCUT2D eigenvalue weighted by atomic mass is 10.2. The van der Waals surface area contributed by atoms with Gasteiger partial charge in [0.15, 0.2) is 0 Å². The van der Waals surface area contributed by atoms with Crippen molar-refractivity contribution in [3.63, 3.8) is 0 Å². The predicted molar refractivity (Wildman–Crippen MR) is 78.3 cm³/mol. The molecular formula is C14H17N3O2S. The van der Waals surface area contributed by atoms with Crippen molar-refractivity contribution in [3.05, 3.63) is 40.5 Å². The summed E-state index contributed by atoms with van der Waals surface area (Å²) in [6.07, 6.45) is 0.662. The SMILES string of the molecule is CCOc1cccc(CCNC(=O)c2cc(C)sn2)n1. The summed E-state index contributed by atoms with van der Waals surface area (Å²) in [6.45, 7) is 4.97. The van der Waals surface area contributed by atoms with Crippen LogP contribution in [0.1, 0.15) is 28.0 Å². The molecule has 0 radical (unpaired) electrons. The summed E-state index contributed by atoms with van der Waals surface area (Å²) in [7, 11) is 0. The van der Waals surface area contributed by atoms with Gasteiger partial charge in [-0.15, -0.1) is 0 Å². The molecule has 6 heteroatoms. The first kappa shape index (κ1) is 14.5. The molecule has 0 saturated heterocycles. The average Bonchev–Trinajstić information content (AvgIpc) is 2.86. The lowest BCUT2D eigenvalue weighted by molar-refractivity contribution is 0.0950. The molecule has 0 unspecified atom stereocenters. The van der Waals surface area contributed by atoms with Gasteiger partial charge in [0.05, 0.1) is 6.61 Å². The Bertz CT molecular complexity index is 583. The maximum atomic E-state index is 11.8. The van der Waals surface area contributed by atoms with Crippen LogP contribution in [0.15, 0.2) is 24.3 Å². The largest absolute Gasteiger partial charge is 0.478 e.